The van der Waals surface area contributed by atoms with Gasteiger partial charge in [0.15, 0.2) is 5.25 Å². The molecule has 0 aliphatic carbocycles. The molecule has 13 heteroatoms. The van der Waals surface area contributed by atoms with E-state index in [1.807, 2.05) is 4.90 Å². The molecule has 0 aliphatic heterocycles. The fourth-order valence-electron chi connectivity index (χ4n) is 3.40. The normalized spacial score (nSPS) is 12.5. The van der Waals surface area contributed by atoms with Crippen LogP contribution in [0.1, 0.15) is 22.2 Å². The zero-order valence-corrected chi connectivity index (χ0v) is 21.0. The van der Waals surface area contributed by atoms with Crippen molar-refractivity contribution in [3.05, 3.63) is 69.1 Å². The molecule has 1 unspecified atom stereocenters. The van der Waals surface area contributed by atoms with Crippen LogP contribution in [0, 0.1) is 17.0 Å². The highest BCUT2D eigenvalue weighted by Gasteiger charge is 2.41. The molecule has 0 bridgehead atoms. The van der Waals surface area contributed by atoms with Gasteiger partial charge in [0.05, 0.1) is 10.5 Å². The smallest absolute Gasteiger partial charge is 0.329 e. The van der Waals surface area contributed by atoms with Gasteiger partial charge in [-0.2, -0.15) is 8.42 Å². The van der Waals surface area contributed by atoms with Gasteiger partial charge >= 0.3 is 15.1 Å². The maximum Gasteiger partial charge on any atom is 0.329 e. The van der Waals surface area contributed by atoms with Gasteiger partial charge < -0.3 is 13.7 Å². The number of thiophene rings is 1. The van der Waals surface area contributed by atoms with E-state index in [0.717, 1.165) is 17.0 Å². The molecule has 0 spiro atoms. The lowest BCUT2D eigenvalue weighted by molar-refractivity contribution is -0.380. The molecule has 0 aliphatic rings. The van der Waals surface area contributed by atoms with Crippen LogP contribution in [0.4, 0.5) is 10.7 Å². The summed E-state index contributed by atoms with van der Waals surface area (Å²) in [5.74, 6) is 1.01. The zero-order valence-electron chi connectivity index (χ0n) is 17.8. The summed E-state index contributed by atoms with van der Waals surface area (Å²) in [6.07, 6.45) is 3.00. The summed E-state index contributed by atoms with van der Waals surface area (Å²) in [5, 5.41) is 11.4. The quantitative estimate of drug-likeness (QED) is 0.155. The third kappa shape index (κ3) is 5.60. The monoisotopic (exact) mass is 532 g/mol. The number of alkyl halides is 2. The lowest BCUT2D eigenvalue weighted by Gasteiger charge is -2.23. The molecule has 0 fully saturated rings. The predicted octanol–water partition coefficient (Wildman–Crippen LogP) is 4.48. The fraction of sp³-hybridized carbons (Fsp3) is 0.350. The van der Waals surface area contributed by atoms with Crippen molar-refractivity contribution >= 4 is 55.3 Å². The van der Waals surface area contributed by atoms with Crippen LogP contribution >= 0.6 is 34.5 Å². The van der Waals surface area contributed by atoms with E-state index < -0.39 is 20.3 Å². The first-order valence-corrected chi connectivity index (χ1v) is 13.2. The molecule has 9 nitrogen and oxygen atoms in total. The van der Waals surface area contributed by atoms with Gasteiger partial charge in [-0.3, -0.25) is 10.1 Å². The van der Waals surface area contributed by atoms with E-state index in [-0.39, 0.29) is 22.1 Å². The fourth-order valence-corrected chi connectivity index (χ4v) is 6.34. The van der Waals surface area contributed by atoms with Gasteiger partial charge in [-0.25, -0.2) is 4.98 Å². The molecule has 3 aromatic rings. The van der Waals surface area contributed by atoms with Crippen molar-refractivity contribution in [2.24, 2.45) is 7.05 Å². The second-order valence-electron chi connectivity index (χ2n) is 7.11. The standard InChI is InChI=1S/C20H22Cl2N4O5S2/c1-14-13-32-20(26(27)28)17(14)18(19-23-9-12-24(19)2)33(29,30)31-16-5-3-15(4-6-16)25(10-7-21)11-8-22/h3-6,9,12-13,18H,7-8,10-11H2,1-2H3. The Balaban J connectivity index is 2.00. The Morgan fingerprint density at radius 3 is 2.39 bits per heavy atom. The van der Waals surface area contributed by atoms with Gasteiger partial charge in [0, 0.05) is 55.4 Å². The second kappa shape index (κ2) is 10.7. The number of imidazole rings is 1. The van der Waals surface area contributed by atoms with Crippen LogP contribution in [0.3, 0.4) is 0 Å². The second-order valence-corrected chi connectivity index (χ2v) is 10.3. The minimum Gasteiger partial charge on any atom is -0.382 e. The predicted molar refractivity (Wildman–Crippen MR) is 130 cm³/mol. The lowest BCUT2D eigenvalue weighted by atomic mass is 10.1. The molecule has 0 N–H and O–H groups in total. The topological polar surface area (TPSA) is 108 Å². The first-order chi connectivity index (χ1) is 15.7. The lowest BCUT2D eigenvalue weighted by Crippen LogP contribution is -2.27. The maximum atomic E-state index is 13.5. The average molecular weight is 533 g/mol. The van der Waals surface area contributed by atoms with E-state index in [0.29, 0.717) is 30.4 Å². The number of hydrogen-bond acceptors (Lipinski definition) is 8. The Hall–Kier alpha value is -2.34. The number of benzene rings is 1. The minimum atomic E-state index is -4.41. The Morgan fingerprint density at radius 1 is 1.24 bits per heavy atom. The number of aryl methyl sites for hydroxylation is 2. The molecule has 0 radical (unpaired) electrons. The first kappa shape index (κ1) is 25.3. The van der Waals surface area contributed by atoms with Crippen LogP contribution in [0.2, 0.25) is 0 Å². The molecule has 33 heavy (non-hydrogen) atoms. The molecule has 1 aromatic carbocycles. The number of nitro groups is 1. The first-order valence-electron chi connectivity index (χ1n) is 9.79. The van der Waals surface area contributed by atoms with Gasteiger partial charge in [-0.05, 0) is 36.8 Å². The summed E-state index contributed by atoms with van der Waals surface area (Å²) in [6.45, 7) is 2.78. The minimum absolute atomic E-state index is 0.0475. The number of anilines is 1. The number of aromatic nitrogens is 2. The number of nitrogens with zero attached hydrogens (tertiary/aromatic N) is 4. The third-order valence-corrected chi connectivity index (χ3v) is 7.79. The van der Waals surface area contributed by atoms with E-state index in [2.05, 4.69) is 4.98 Å². The molecule has 0 saturated heterocycles. The molecule has 0 saturated carbocycles. The summed E-state index contributed by atoms with van der Waals surface area (Å²) >= 11 is 12.6. The molecule has 178 valence electrons. The highest BCUT2D eigenvalue weighted by Crippen LogP contribution is 2.42. The Kier molecular flexibility index (Phi) is 8.22. The molecule has 3 rings (SSSR count). The van der Waals surface area contributed by atoms with Crippen molar-refractivity contribution in [2.75, 3.05) is 29.7 Å². The van der Waals surface area contributed by atoms with Crippen LogP contribution in [-0.2, 0) is 17.2 Å². The van der Waals surface area contributed by atoms with Gasteiger partial charge in [0.2, 0.25) is 0 Å². The van der Waals surface area contributed by atoms with Crippen LogP contribution in [0.5, 0.6) is 5.75 Å². The van der Waals surface area contributed by atoms with Crippen molar-refractivity contribution in [2.45, 2.75) is 12.2 Å². The van der Waals surface area contributed by atoms with E-state index in [1.54, 1.807) is 37.7 Å². The van der Waals surface area contributed by atoms with E-state index >= 15 is 0 Å². The Morgan fingerprint density at radius 2 is 1.88 bits per heavy atom. The highest BCUT2D eigenvalue weighted by atomic mass is 35.5. The van der Waals surface area contributed by atoms with E-state index in [4.69, 9.17) is 27.4 Å². The van der Waals surface area contributed by atoms with Crippen LogP contribution in [0.15, 0.2) is 42.0 Å². The van der Waals surface area contributed by atoms with Crippen molar-refractivity contribution in [3.63, 3.8) is 0 Å². The maximum absolute atomic E-state index is 13.5. The van der Waals surface area contributed by atoms with E-state index in [1.165, 1.54) is 22.9 Å². The number of rotatable bonds is 11. The van der Waals surface area contributed by atoms with Crippen molar-refractivity contribution in [1.82, 2.24) is 9.55 Å². The number of hydrogen-bond donors (Lipinski definition) is 0. The van der Waals surface area contributed by atoms with Gasteiger partial charge in [-0.1, -0.05) is 11.3 Å². The van der Waals surface area contributed by atoms with Crippen LogP contribution in [-0.4, -0.2) is 47.7 Å². The van der Waals surface area contributed by atoms with Gasteiger partial charge in [-0.15, -0.1) is 23.2 Å². The van der Waals surface area contributed by atoms with Crippen molar-refractivity contribution in [1.29, 1.82) is 0 Å². The Labute approximate surface area is 205 Å². The summed E-state index contributed by atoms with van der Waals surface area (Å²) in [7, 11) is -2.79. The summed E-state index contributed by atoms with van der Waals surface area (Å²) < 4.78 is 33.9. The van der Waals surface area contributed by atoms with Crippen molar-refractivity contribution < 1.29 is 17.5 Å². The number of halogens is 2. The van der Waals surface area contributed by atoms with Crippen molar-refractivity contribution in [3.8, 4) is 5.75 Å². The largest absolute Gasteiger partial charge is 0.382 e. The van der Waals surface area contributed by atoms with Crippen LogP contribution in [0.25, 0.3) is 0 Å². The van der Waals surface area contributed by atoms with Gasteiger partial charge in [0.25, 0.3) is 0 Å². The summed E-state index contributed by atoms with van der Waals surface area (Å²) in [4.78, 5) is 17.1. The Bertz CT molecular complexity index is 1210. The molecule has 2 heterocycles. The average Bonchev–Trinajstić information content (AvgIpc) is 3.34. The third-order valence-electron chi connectivity index (χ3n) is 4.94. The molecule has 1 atom stereocenters. The van der Waals surface area contributed by atoms with E-state index in [9.17, 15) is 18.5 Å². The molecular formula is C20H22Cl2N4O5S2. The highest BCUT2D eigenvalue weighted by molar-refractivity contribution is 7.87. The summed E-state index contributed by atoms with van der Waals surface area (Å²) in [6, 6.07) is 6.45. The van der Waals surface area contributed by atoms with Crippen LogP contribution < -0.4 is 9.08 Å². The molecule has 2 aromatic heterocycles. The molecular weight excluding hydrogens is 511 g/mol. The summed E-state index contributed by atoms with van der Waals surface area (Å²) in [5.41, 5.74) is 1.33. The zero-order chi connectivity index (χ0) is 24.2. The SMILES string of the molecule is Cc1csc([N+](=O)[O-])c1C(c1nccn1C)S(=O)(=O)Oc1ccc(N(CCCl)CCCl)cc1. The van der Waals surface area contributed by atoms with Gasteiger partial charge in [0.1, 0.15) is 11.6 Å². The molecule has 0 amide bonds.